The van der Waals surface area contributed by atoms with Gasteiger partial charge in [-0.05, 0) is 25.2 Å². The zero-order chi connectivity index (χ0) is 11.5. The van der Waals surface area contributed by atoms with E-state index >= 15 is 0 Å². The summed E-state index contributed by atoms with van der Waals surface area (Å²) >= 11 is 0. The van der Waals surface area contributed by atoms with Crippen molar-refractivity contribution in [1.82, 2.24) is 9.78 Å². The van der Waals surface area contributed by atoms with E-state index < -0.39 is 0 Å². The molecular weight excluding hydrogens is 204 g/mol. The molecule has 0 aromatic carbocycles. The maximum atomic E-state index is 10.7. The van der Waals surface area contributed by atoms with Gasteiger partial charge in [0.2, 0.25) is 5.91 Å². The van der Waals surface area contributed by atoms with Crippen LogP contribution in [0.25, 0.3) is 0 Å². The standard InChI is InChI=1S/C11H18N4O/c1-2-10(8-3-4-8)14-9-5-13-15(6-9)7-11(12)16/h5-6,8,10,14H,2-4,7H2,1H3,(H2,12,16). The smallest absolute Gasteiger partial charge is 0.239 e. The molecule has 1 amide bonds. The van der Waals surface area contributed by atoms with Gasteiger partial charge in [0.25, 0.3) is 0 Å². The summed E-state index contributed by atoms with van der Waals surface area (Å²) in [5.74, 6) is 0.438. The average Bonchev–Trinajstić information content (AvgIpc) is 2.98. The molecule has 1 saturated carbocycles. The normalized spacial score (nSPS) is 17.1. The molecule has 3 N–H and O–H groups in total. The second kappa shape index (κ2) is 4.55. The third kappa shape index (κ3) is 2.74. The lowest BCUT2D eigenvalue weighted by Crippen LogP contribution is -2.20. The highest BCUT2D eigenvalue weighted by Gasteiger charge is 2.29. The lowest BCUT2D eigenvalue weighted by Gasteiger charge is -2.15. The van der Waals surface area contributed by atoms with Gasteiger partial charge in [0.15, 0.2) is 0 Å². The number of carbonyl (C=O) groups excluding carboxylic acids is 1. The summed E-state index contributed by atoms with van der Waals surface area (Å²) in [4.78, 5) is 10.7. The molecule has 5 nitrogen and oxygen atoms in total. The predicted molar refractivity (Wildman–Crippen MR) is 61.8 cm³/mol. The summed E-state index contributed by atoms with van der Waals surface area (Å²) in [5.41, 5.74) is 6.07. The Hall–Kier alpha value is -1.52. The zero-order valence-electron chi connectivity index (χ0n) is 9.52. The molecule has 5 heteroatoms. The van der Waals surface area contributed by atoms with Gasteiger partial charge in [0.1, 0.15) is 6.54 Å². The Bertz CT molecular complexity index is 370. The lowest BCUT2D eigenvalue weighted by molar-refractivity contribution is -0.118. The number of amides is 1. The summed E-state index contributed by atoms with van der Waals surface area (Å²) < 4.78 is 1.56. The van der Waals surface area contributed by atoms with Gasteiger partial charge in [0.05, 0.1) is 11.9 Å². The zero-order valence-corrected chi connectivity index (χ0v) is 9.52. The molecule has 1 fully saturated rings. The largest absolute Gasteiger partial charge is 0.380 e. The highest BCUT2D eigenvalue weighted by Crippen LogP contribution is 2.35. The summed E-state index contributed by atoms with van der Waals surface area (Å²) in [6, 6.07) is 0.534. The van der Waals surface area contributed by atoms with Crippen molar-refractivity contribution in [3.8, 4) is 0 Å². The number of carbonyl (C=O) groups is 1. The van der Waals surface area contributed by atoms with Crippen molar-refractivity contribution in [2.45, 2.75) is 38.8 Å². The number of rotatable bonds is 6. The number of hydrogen-bond acceptors (Lipinski definition) is 3. The number of anilines is 1. The van der Waals surface area contributed by atoms with Crippen molar-refractivity contribution < 1.29 is 4.79 Å². The van der Waals surface area contributed by atoms with E-state index in [4.69, 9.17) is 5.73 Å². The molecule has 1 aromatic heterocycles. The topological polar surface area (TPSA) is 72.9 Å². The number of nitrogens with zero attached hydrogens (tertiary/aromatic N) is 2. The van der Waals surface area contributed by atoms with Crippen LogP contribution in [-0.4, -0.2) is 21.7 Å². The number of nitrogens with two attached hydrogens (primary N) is 1. The van der Waals surface area contributed by atoms with E-state index in [-0.39, 0.29) is 12.5 Å². The second-order valence-electron chi connectivity index (χ2n) is 4.39. The minimum atomic E-state index is -0.371. The molecule has 0 aliphatic heterocycles. The Kier molecular flexibility index (Phi) is 3.12. The molecule has 1 aliphatic carbocycles. The highest BCUT2D eigenvalue weighted by atomic mass is 16.1. The van der Waals surface area contributed by atoms with Crippen LogP contribution >= 0.6 is 0 Å². The SMILES string of the molecule is CCC(Nc1cnn(CC(N)=O)c1)C1CC1. The fourth-order valence-corrected chi connectivity index (χ4v) is 1.95. The van der Waals surface area contributed by atoms with Crippen LogP contribution in [0, 0.1) is 5.92 Å². The summed E-state index contributed by atoms with van der Waals surface area (Å²) in [5, 5.41) is 7.53. The first-order chi connectivity index (χ1) is 7.69. The van der Waals surface area contributed by atoms with Crippen molar-refractivity contribution in [2.24, 2.45) is 11.7 Å². The van der Waals surface area contributed by atoms with Crippen LogP contribution in [0.3, 0.4) is 0 Å². The van der Waals surface area contributed by atoms with Crippen LogP contribution in [-0.2, 0) is 11.3 Å². The van der Waals surface area contributed by atoms with Crippen LogP contribution in [0.5, 0.6) is 0 Å². The van der Waals surface area contributed by atoms with E-state index in [0.717, 1.165) is 18.0 Å². The van der Waals surface area contributed by atoms with Crippen LogP contribution in [0.4, 0.5) is 5.69 Å². The monoisotopic (exact) mass is 222 g/mol. The van der Waals surface area contributed by atoms with Gasteiger partial charge < -0.3 is 11.1 Å². The summed E-state index contributed by atoms with van der Waals surface area (Å²) in [7, 11) is 0. The molecule has 1 heterocycles. The van der Waals surface area contributed by atoms with Crippen molar-refractivity contribution in [3.05, 3.63) is 12.4 Å². The van der Waals surface area contributed by atoms with E-state index in [2.05, 4.69) is 17.3 Å². The molecule has 1 aliphatic rings. The van der Waals surface area contributed by atoms with Crippen LogP contribution < -0.4 is 11.1 Å². The Morgan fingerprint density at radius 2 is 2.50 bits per heavy atom. The maximum Gasteiger partial charge on any atom is 0.239 e. The van der Waals surface area contributed by atoms with Gasteiger partial charge in [-0.3, -0.25) is 9.48 Å². The number of aromatic nitrogens is 2. The second-order valence-corrected chi connectivity index (χ2v) is 4.39. The van der Waals surface area contributed by atoms with E-state index in [1.807, 2.05) is 6.20 Å². The van der Waals surface area contributed by atoms with Crippen LogP contribution in [0.2, 0.25) is 0 Å². The Morgan fingerprint density at radius 3 is 3.06 bits per heavy atom. The third-order valence-corrected chi connectivity index (χ3v) is 2.93. The number of primary amides is 1. The van der Waals surface area contributed by atoms with Gasteiger partial charge in [0, 0.05) is 12.2 Å². The van der Waals surface area contributed by atoms with Crippen molar-refractivity contribution in [2.75, 3.05) is 5.32 Å². The van der Waals surface area contributed by atoms with Crippen molar-refractivity contribution in [1.29, 1.82) is 0 Å². The molecule has 1 unspecified atom stereocenters. The van der Waals surface area contributed by atoms with Crippen LogP contribution in [0.15, 0.2) is 12.4 Å². The van der Waals surface area contributed by atoms with Crippen molar-refractivity contribution >= 4 is 11.6 Å². The molecule has 0 bridgehead atoms. The number of hydrogen-bond donors (Lipinski definition) is 2. The Balaban J connectivity index is 1.93. The Labute approximate surface area is 95.0 Å². The van der Waals surface area contributed by atoms with Crippen LogP contribution in [0.1, 0.15) is 26.2 Å². The van der Waals surface area contributed by atoms with Gasteiger partial charge in [-0.1, -0.05) is 6.92 Å². The quantitative estimate of drug-likeness (QED) is 0.753. The molecule has 0 spiro atoms. The number of nitrogens with one attached hydrogen (secondary N) is 1. The average molecular weight is 222 g/mol. The van der Waals surface area contributed by atoms with Crippen molar-refractivity contribution in [3.63, 3.8) is 0 Å². The minimum absolute atomic E-state index is 0.141. The molecule has 1 aromatic rings. The molecule has 0 saturated heterocycles. The van der Waals surface area contributed by atoms with Gasteiger partial charge in [-0.2, -0.15) is 5.10 Å². The molecule has 16 heavy (non-hydrogen) atoms. The minimum Gasteiger partial charge on any atom is -0.380 e. The Morgan fingerprint density at radius 1 is 1.75 bits per heavy atom. The molecular formula is C11H18N4O. The highest BCUT2D eigenvalue weighted by molar-refractivity contribution is 5.73. The lowest BCUT2D eigenvalue weighted by atomic mass is 10.1. The van der Waals surface area contributed by atoms with Gasteiger partial charge in [-0.25, -0.2) is 0 Å². The van der Waals surface area contributed by atoms with E-state index in [1.165, 1.54) is 12.8 Å². The molecule has 88 valence electrons. The maximum absolute atomic E-state index is 10.7. The third-order valence-electron chi connectivity index (χ3n) is 2.93. The fraction of sp³-hybridized carbons (Fsp3) is 0.636. The van der Waals surface area contributed by atoms with Gasteiger partial charge in [-0.15, -0.1) is 0 Å². The first-order valence-corrected chi connectivity index (χ1v) is 5.76. The van der Waals surface area contributed by atoms with E-state index in [9.17, 15) is 4.79 Å². The molecule has 1 atom stereocenters. The van der Waals surface area contributed by atoms with E-state index in [1.54, 1.807) is 10.9 Å². The fourth-order valence-electron chi connectivity index (χ4n) is 1.95. The summed E-state index contributed by atoms with van der Waals surface area (Å²) in [6.07, 6.45) is 7.33. The van der Waals surface area contributed by atoms with E-state index in [0.29, 0.717) is 6.04 Å². The molecule has 2 rings (SSSR count). The molecule has 0 radical (unpaired) electrons. The first kappa shape index (κ1) is 11.0. The van der Waals surface area contributed by atoms with Gasteiger partial charge >= 0.3 is 0 Å². The first-order valence-electron chi connectivity index (χ1n) is 5.76. The summed E-state index contributed by atoms with van der Waals surface area (Å²) in [6.45, 7) is 2.33. The predicted octanol–water partition coefficient (Wildman–Crippen LogP) is 0.969.